The van der Waals surface area contributed by atoms with Gasteiger partial charge >= 0.3 is 0 Å². The van der Waals surface area contributed by atoms with Crippen molar-refractivity contribution >= 4 is 23.3 Å². The highest BCUT2D eigenvalue weighted by Gasteiger charge is 2.53. The first-order valence-corrected chi connectivity index (χ1v) is 7.40. The minimum Gasteiger partial charge on any atom is -0.494 e. The first-order valence-electron chi connectivity index (χ1n) is 6.99. The Kier molecular flexibility index (Phi) is 2.34. The number of aromatic nitrogens is 2. The molecule has 4 heteroatoms. The summed E-state index contributed by atoms with van der Waals surface area (Å²) in [7, 11) is 1.70. The molecule has 3 nitrogen and oxygen atoms in total. The Balaban J connectivity index is 1.81. The average Bonchev–Trinajstić information content (AvgIpc) is 3.29. The van der Waals surface area contributed by atoms with E-state index in [-0.39, 0.29) is 0 Å². The third-order valence-electron chi connectivity index (χ3n) is 4.80. The number of imidazole rings is 1. The van der Waals surface area contributed by atoms with Crippen LogP contribution < -0.4 is 4.74 Å². The van der Waals surface area contributed by atoms with Gasteiger partial charge < -0.3 is 14.3 Å². The largest absolute Gasteiger partial charge is 0.494 e. The van der Waals surface area contributed by atoms with Crippen LogP contribution in [0.5, 0.6) is 5.75 Å². The summed E-state index contributed by atoms with van der Waals surface area (Å²) in [5.41, 5.74) is 2.76. The number of hydrogen-bond acceptors (Lipinski definition) is 2. The maximum absolute atomic E-state index is 5.52. The summed E-state index contributed by atoms with van der Waals surface area (Å²) in [6.45, 7) is 1.07. The highest BCUT2D eigenvalue weighted by molar-refractivity contribution is 7.71. The van der Waals surface area contributed by atoms with Gasteiger partial charge in [0.2, 0.25) is 0 Å². The Morgan fingerprint density at radius 3 is 2.84 bits per heavy atom. The second kappa shape index (κ2) is 3.85. The molecule has 2 fully saturated rings. The molecule has 0 atom stereocenters. The Morgan fingerprint density at radius 1 is 1.42 bits per heavy atom. The lowest BCUT2D eigenvalue weighted by Gasteiger charge is -2.15. The molecule has 2 aromatic rings. The molecule has 2 aliphatic carbocycles. The van der Waals surface area contributed by atoms with Gasteiger partial charge in [-0.15, -0.1) is 0 Å². The van der Waals surface area contributed by atoms with Crippen molar-refractivity contribution in [2.75, 3.05) is 7.11 Å². The van der Waals surface area contributed by atoms with Gasteiger partial charge in [-0.1, -0.05) is 6.07 Å². The quantitative estimate of drug-likeness (QED) is 0.857. The lowest BCUT2D eigenvalue weighted by molar-refractivity contribution is 0.373. The minimum absolute atomic E-state index is 0.552. The Morgan fingerprint density at radius 2 is 2.21 bits per heavy atom. The van der Waals surface area contributed by atoms with Crippen LogP contribution in [-0.4, -0.2) is 16.7 Å². The van der Waals surface area contributed by atoms with E-state index in [1.54, 1.807) is 7.11 Å². The van der Waals surface area contributed by atoms with E-state index >= 15 is 0 Å². The van der Waals surface area contributed by atoms with E-state index in [1.165, 1.54) is 31.2 Å². The fourth-order valence-electron chi connectivity index (χ4n) is 3.35. The van der Waals surface area contributed by atoms with Gasteiger partial charge in [-0.25, -0.2) is 0 Å². The summed E-state index contributed by atoms with van der Waals surface area (Å²) in [4.78, 5) is 3.31. The van der Waals surface area contributed by atoms with Crippen molar-refractivity contribution in [3.05, 3.63) is 23.0 Å². The Labute approximate surface area is 117 Å². The van der Waals surface area contributed by atoms with Crippen LogP contribution in [0.4, 0.5) is 0 Å². The van der Waals surface area contributed by atoms with Gasteiger partial charge in [0.05, 0.1) is 12.6 Å². The van der Waals surface area contributed by atoms with Crippen LogP contribution in [0.15, 0.2) is 18.2 Å². The predicted octanol–water partition coefficient (Wildman–Crippen LogP) is 3.90. The number of para-hydroxylation sites is 1. The molecule has 0 aliphatic heterocycles. The second-order valence-corrected chi connectivity index (χ2v) is 6.39. The van der Waals surface area contributed by atoms with Crippen molar-refractivity contribution in [1.82, 2.24) is 9.55 Å². The summed E-state index contributed by atoms with van der Waals surface area (Å²) in [6.07, 6.45) is 5.57. The molecular formula is C15H18N2OS. The maximum atomic E-state index is 5.52. The molecule has 2 saturated carbocycles. The van der Waals surface area contributed by atoms with Crippen LogP contribution in [0, 0.1) is 16.1 Å². The zero-order chi connectivity index (χ0) is 13.0. The number of methoxy groups -OCH3 is 1. The summed E-state index contributed by atoms with van der Waals surface area (Å²) in [5, 5.41) is 0. The molecule has 1 aromatic carbocycles. The maximum Gasteiger partial charge on any atom is 0.178 e. The molecule has 2 aliphatic rings. The number of rotatable bonds is 4. The van der Waals surface area contributed by atoms with E-state index in [4.69, 9.17) is 17.0 Å². The van der Waals surface area contributed by atoms with E-state index in [0.717, 1.165) is 28.5 Å². The van der Waals surface area contributed by atoms with Gasteiger partial charge in [-0.2, -0.15) is 0 Å². The fourth-order valence-corrected chi connectivity index (χ4v) is 3.61. The van der Waals surface area contributed by atoms with E-state index < -0.39 is 0 Å². The first kappa shape index (κ1) is 11.5. The lowest BCUT2D eigenvalue weighted by atomic mass is 10.0. The minimum atomic E-state index is 0.552. The molecule has 0 bridgehead atoms. The predicted molar refractivity (Wildman–Crippen MR) is 78.1 cm³/mol. The van der Waals surface area contributed by atoms with Crippen molar-refractivity contribution in [1.29, 1.82) is 0 Å². The number of hydrogen-bond donors (Lipinski definition) is 1. The molecule has 1 aromatic heterocycles. The fraction of sp³-hybridized carbons (Fsp3) is 0.533. The lowest BCUT2D eigenvalue weighted by Crippen LogP contribution is -2.13. The van der Waals surface area contributed by atoms with E-state index in [2.05, 4.69) is 15.6 Å². The van der Waals surface area contributed by atoms with Crippen molar-refractivity contribution < 1.29 is 4.74 Å². The van der Waals surface area contributed by atoms with Crippen LogP contribution in [0.3, 0.4) is 0 Å². The highest BCUT2D eigenvalue weighted by atomic mass is 32.1. The van der Waals surface area contributed by atoms with E-state index in [1.807, 2.05) is 12.1 Å². The number of ether oxygens (including phenoxy) is 1. The summed E-state index contributed by atoms with van der Waals surface area (Å²) in [6, 6.07) is 6.15. The van der Waals surface area contributed by atoms with Gasteiger partial charge in [0.25, 0.3) is 0 Å². The Bertz CT molecular complexity index is 692. The third kappa shape index (κ3) is 1.73. The van der Waals surface area contributed by atoms with Gasteiger partial charge in [-0.05, 0) is 61.4 Å². The molecular weight excluding hydrogens is 256 g/mol. The van der Waals surface area contributed by atoms with Crippen LogP contribution in [0.25, 0.3) is 11.0 Å². The van der Waals surface area contributed by atoms with Crippen LogP contribution in [-0.2, 0) is 6.54 Å². The normalized spacial score (nSPS) is 20.7. The number of nitrogens with one attached hydrogen (secondary N) is 1. The molecule has 100 valence electrons. The zero-order valence-electron chi connectivity index (χ0n) is 11.1. The summed E-state index contributed by atoms with van der Waals surface area (Å²) < 4.78 is 8.51. The Hall–Kier alpha value is -1.29. The number of benzene rings is 1. The van der Waals surface area contributed by atoms with Crippen molar-refractivity contribution in [2.24, 2.45) is 11.3 Å². The molecule has 0 unspecified atom stereocenters. The number of aromatic amines is 1. The standard InChI is InChI=1S/C15H18N2OS/c1-18-12-4-2-3-11-13(12)16-14(19)17(11)9-15(7-8-15)10-5-6-10/h2-4,10H,5-9H2,1H3,(H,16,19). The van der Waals surface area contributed by atoms with Crippen LogP contribution in [0.1, 0.15) is 25.7 Å². The van der Waals surface area contributed by atoms with E-state index in [0.29, 0.717) is 5.41 Å². The molecule has 1 heterocycles. The van der Waals surface area contributed by atoms with Crippen LogP contribution in [0.2, 0.25) is 0 Å². The monoisotopic (exact) mass is 274 g/mol. The second-order valence-electron chi connectivity index (χ2n) is 6.01. The molecule has 4 rings (SSSR count). The number of H-pyrrole nitrogens is 1. The van der Waals surface area contributed by atoms with Crippen molar-refractivity contribution in [3.63, 3.8) is 0 Å². The third-order valence-corrected chi connectivity index (χ3v) is 5.12. The topological polar surface area (TPSA) is 29.9 Å². The molecule has 0 radical (unpaired) electrons. The van der Waals surface area contributed by atoms with Crippen LogP contribution >= 0.6 is 12.2 Å². The molecule has 19 heavy (non-hydrogen) atoms. The SMILES string of the molecule is COc1cccc2c1[nH]c(=S)n2CC1(C2CC2)CC1. The summed E-state index contributed by atoms with van der Waals surface area (Å²) >= 11 is 5.52. The molecule has 0 saturated heterocycles. The first-order chi connectivity index (χ1) is 9.23. The van der Waals surface area contributed by atoms with Crippen molar-refractivity contribution in [2.45, 2.75) is 32.2 Å². The zero-order valence-corrected chi connectivity index (χ0v) is 11.9. The molecule has 0 spiro atoms. The van der Waals surface area contributed by atoms with E-state index in [9.17, 15) is 0 Å². The molecule has 1 N–H and O–H groups in total. The number of nitrogens with zero attached hydrogens (tertiary/aromatic N) is 1. The van der Waals surface area contributed by atoms with Crippen molar-refractivity contribution in [3.8, 4) is 5.75 Å². The number of fused-ring (bicyclic) bond motifs is 1. The smallest absolute Gasteiger partial charge is 0.178 e. The average molecular weight is 274 g/mol. The molecule has 0 amide bonds. The van der Waals surface area contributed by atoms with Gasteiger partial charge in [0.15, 0.2) is 4.77 Å². The van der Waals surface area contributed by atoms with Gasteiger partial charge in [0, 0.05) is 6.54 Å². The highest BCUT2D eigenvalue weighted by Crippen LogP contribution is 2.62. The van der Waals surface area contributed by atoms with Gasteiger partial charge in [-0.3, -0.25) is 0 Å². The summed E-state index contributed by atoms with van der Waals surface area (Å²) in [5.74, 6) is 1.82. The van der Waals surface area contributed by atoms with Gasteiger partial charge in [0.1, 0.15) is 11.3 Å².